The van der Waals surface area contributed by atoms with Gasteiger partial charge in [0.2, 0.25) is 0 Å². The van der Waals surface area contributed by atoms with Gasteiger partial charge >= 0.3 is 0 Å². The number of nitrogens with zero attached hydrogens (tertiary/aromatic N) is 5. The Kier molecular flexibility index (Phi) is 5.85. The minimum atomic E-state index is 0.581. The molecule has 0 aliphatic carbocycles. The highest BCUT2D eigenvalue weighted by molar-refractivity contribution is 5.92. The maximum absolute atomic E-state index is 5.49. The van der Waals surface area contributed by atoms with Gasteiger partial charge < -0.3 is 9.47 Å². The molecule has 0 radical (unpaired) electrons. The Morgan fingerprint density at radius 1 is 0.912 bits per heavy atom. The highest BCUT2D eigenvalue weighted by atomic mass is 16.5. The van der Waals surface area contributed by atoms with Crippen LogP contribution in [0.2, 0.25) is 0 Å². The lowest BCUT2D eigenvalue weighted by Crippen LogP contribution is -1.97. The van der Waals surface area contributed by atoms with Gasteiger partial charge in [0.25, 0.3) is 0 Å². The molecular formula is C26H22N6O2. The predicted molar refractivity (Wildman–Crippen MR) is 133 cm³/mol. The van der Waals surface area contributed by atoms with Crippen LogP contribution in [-0.4, -0.2) is 40.4 Å². The van der Waals surface area contributed by atoms with Crippen molar-refractivity contribution in [3.05, 3.63) is 90.8 Å². The van der Waals surface area contributed by atoms with Crippen molar-refractivity contribution in [1.29, 1.82) is 0 Å². The first-order valence-electron chi connectivity index (χ1n) is 10.6. The Morgan fingerprint density at radius 2 is 1.71 bits per heavy atom. The minimum absolute atomic E-state index is 0.581. The van der Waals surface area contributed by atoms with Crippen molar-refractivity contribution in [2.24, 2.45) is 5.10 Å². The second-order valence-corrected chi connectivity index (χ2v) is 7.43. The summed E-state index contributed by atoms with van der Waals surface area (Å²) in [6.45, 7) is 0. The zero-order valence-corrected chi connectivity index (χ0v) is 18.7. The maximum atomic E-state index is 5.49. The van der Waals surface area contributed by atoms with Gasteiger partial charge in [-0.15, -0.1) is 5.10 Å². The van der Waals surface area contributed by atoms with Gasteiger partial charge in [-0.3, -0.25) is 5.43 Å². The molecule has 0 atom stereocenters. The lowest BCUT2D eigenvalue weighted by molar-refractivity contribution is 0.355. The lowest BCUT2D eigenvalue weighted by Gasteiger charge is -2.09. The van der Waals surface area contributed by atoms with Crippen molar-refractivity contribution in [2.45, 2.75) is 0 Å². The van der Waals surface area contributed by atoms with Gasteiger partial charge in [-0.25, -0.2) is 4.68 Å². The summed E-state index contributed by atoms with van der Waals surface area (Å²) in [7, 11) is 3.23. The quantitative estimate of drug-likeness (QED) is 0.279. The van der Waals surface area contributed by atoms with Crippen molar-refractivity contribution in [3.8, 4) is 28.4 Å². The summed E-state index contributed by atoms with van der Waals surface area (Å²) in [6, 6.07) is 23.5. The fourth-order valence-corrected chi connectivity index (χ4v) is 3.68. The number of aromatic nitrogens is 4. The molecule has 0 amide bonds. The number of anilines is 1. The SMILES string of the molecule is COc1ccc(-c2nn(-c3ccccc3)cc2/C=N/Nc2nncc3ccccc23)cc1OC. The van der Waals surface area contributed by atoms with E-state index in [1.807, 2.05) is 83.7 Å². The van der Waals surface area contributed by atoms with E-state index in [1.54, 1.807) is 26.6 Å². The van der Waals surface area contributed by atoms with E-state index in [2.05, 4.69) is 20.7 Å². The van der Waals surface area contributed by atoms with Crippen LogP contribution in [0.15, 0.2) is 90.3 Å². The molecule has 8 nitrogen and oxygen atoms in total. The van der Waals surface area contributed by atoms with Crippen LogP contribution < -0.4 is 14.9 Å². The van der Waals surface area contributed by atoms with Gasteiger partial charge in [-0.1, -0.05) is 42.5 Å². The Morgan fingerprint density at radius 3 is 2.53 bits per heavy atom. The number of benzene rings is 3. The molecule has 0 fully saturated rings. The van der Waals surface area contributed by atoms with E-state index in [-0.39, 0.29) is 0 Å². The number of hydrogen-bond donors (Lipinski definition) is 1. The third kappa shape index (κ3) is 4.16. The molecule has 168 valence electrons. The number of hydrogen-bond acceptors (Lipinski definition) is 7. The van der Waals surface area contributed by atoms with E-state index in [1.165, 1.54) is 0 Å². The summed E-state index contributed by atoms with van der Waals surface area (Å²) >= 11 is 0. The molecule has 0 unspecified atom stereocenters. The number of para-hydroxylation sites is 1. The molecule has 2 aromatic heterocycles. The Hall–Kier alpha value is -4.72. The molecule has 0 bridgehead atoms. The van der Waals surface area contributed by atoms with E-state index in [4.69, 9.17) is 14.6 Å². The van der Waals surface area contributed by atoms with Crippen LogP contribution in [0.4, 0.5) is 5.82 Å². The van der Waals surface area contributed by atoms with Gasteiger partial charge in [0, 0.05) is 28.1 Å². The van der Waals surface area contributed by atoms with E-state index in [0.717, 1.165) is 33.3 Å². The Balaban J connectivity index is 1.53. The summed E-state index contributed by atoms with van der Waals surface area (Å²) in [5.41, 5.74) is 6.40. The van der Waals surface area contributed by atoms with Gasteiger partial charge in [0.05, 0.1) is 32.3 Å². The van der Waals surface area contributed by atoms with Crippen LogP contribution in [0.1, 0.15) is 5.56 Å². The van der Waals surface area contributed by atoms with Gasteiger partial charge in [-0.05, 0) is 30.3 Å². The van der Waals surface area contributed by atoms with Crippen LogP contribution in [-0.2, 0) is 0 Å². The molecule has 2 heterocycles. The summed E-state index contributed by atoms with van der Waals surface area (Å²) < 4.78 is 12.7. The third-order valence-corrected chi connectivity index (χ3v) is 5.36. The summed E-state index contributed by atoms with van der Waals surface area (Å²) in [6.07, 6.45) is 5.38. The van der Waals surface area contributed by atoms with Crippen molar-refractivity contribution in [1.82, 2.24) is 20.0 Å². The number of ether oxygens (including phenoxy) is 2. The highest BCUT2D eigenvalue weighted by Gasteiger charge is 2.14. The summed E-state index contributed by atoms with van der Waals surface area (Å²) in [5.74, 6) is 1.86. The fraction of sp³-hybridized carbons (Fsp3) is 0.0769. The third-order valence-electron chi connectivity index (χ3n) is 5.36. The summed E-state index contributed by atoms with van der Waals surface area (Å²) in [4.78, 5) is 0. The smallest absolute Gasteiger partial charge is 0.176 e. The van der Waals surface area contributed by atoms with Crippen LogP contribution in [0.5, 0.6) is 11.5 Å². The standard InChI is InChI=1S/C26H22N6O2/c1-33-23-13-12-18(14-24(23)34-2)25-20(17-32(31-25)21-9-4-3-5-10-21)16-28-30-26-22-11-7-6-8-19(22)15-27-29-26/h3-17H,1-2H3,(H,29,30)/b28-16+. The molecule has 0 aliphatic heterocycles. The number of fused-ring (bicyclic) bond motifs is 1. The molecule has 5 rings (SSSR count). The molecule has 8 heteroatoms. The number of methoxy groups -OCH3 is 2. The zero-order valence-electron chi connectivity index (χ0n) is 18.7. The molecule has 0 aliphatic rings. The molecule has 0 saturated heterocycles. The van der Waals surface area contributed by atoms with Crippen molar-refractivity contribution in [2.75, 3.05) is 19.6 Å². The molecule has 0 spiro atoms. The largest absolute Gasteiger partial charge is 0.493 e. The first-order valence-corrected chi connectivity index (χ1v) is 10.6. The van der Waals surface area contributed by atoms with Crippen LogP contribution in [0, 0.1) is 0 Å². The second kappa shape index (κ2) is 9.41. The summed E-state index contributed by atoms with van der Waals surface area (Å²) in [5, 5.41) is 19.4. The van der Waals surface area contributed by atoms with E-state index >= 15 is 0 Å². The maximum Gasteiger partial charge on any atom is 0.176 e. The van der Waals surface area contributed by atoms with Gasteiger partial charge in [0.15, 0.2) is 17.3 Å². The van der Waals surface area contributed by atoms with Crippen LogP contribution in [0.3, 0.4) is 0 Å². The van der Waals surface area contributed by atoms with Crippen molar-refractivity contribution >= 4 is 22.8 Å². The first kappa shape index (κ1) is 21.1. The fourth-order valence-electron chi connectivity index (χ4n) is 3.68. The van der Waals surface area contributed by atoms with Crippen LogP contribution >= 0.6 is 0 Å². The number of rotatable bonds is 7. The zero-order chi connectivity index (χ0) is 23.3. The van der Waals surface area contributed by atoms with Crippen molar-refractivity contribution < 1.29 is 9.47 Å². The topological polar surface area (TPSA) is 86.5 Å². The second-order valence-electron chi connectivity index (χ2n) is 7.43. The number of nitrogens with one attached hydrogen (secondary N) is 1. The van der Waals surface area contributed by atoms with E-state index in [0.29, 0.717) is 17.3 Å². The average Bonchev–Trinajstić information content (AvgIpc) is 3.33. The highest BCUT2D eigenvalue weighted by Crippen LogP contribution is 2.33. The van der Waals surface area contributed by atoms with Crippen LogP contribution in [0.25, 0.3) is 27.7 Å². The van der Waals surface area contributed by atoms with E-state index < -0.39 is 0 Å². The monoisotopic (exact) mass is 450 g/mol. The lowest BCUT2D eigenvalue weighted by atomic mass is 10.1. The molecular weight excluding hydrogens is 428 g/mol. The van der Waals surface area contributed by atoms with Crippen molar-refractivity contribution in [3.63, 3.8) is 0 Å². The normalized spacial score (nSPS) is 11.1. The van der Waals surface area contributed by atoms with Gasteiger partial charge in [0.1, 0.15) is 5.69 Å². The molecule has 34 heavy (non-hydrogen) atoms. The molecule has 1 N–H and O–H groups in total. The molecule has 5 aromatic rings. The molecule has 3 aromatic carbocycles. The van der Waals surface area contributed by atoms with E-state index in [9.17, 15) is 0 Å². The Labute approximate surface area is 196 Å². The first-order chi connectivity index (χ1) is 16.8. The Bertz CT molecular complexity index is 1460. The molecule has 0 saturated carbocycles. The average molecular weight is 451 g/mol. The number of hydrazone groups is 1. The predicted octanol–water partition coefficient (Wildman–Crippen LogP) is 4.95. The minimum Gasteiger partial charge on any atom is -0.493 e. The van der Waals surface area contributed by atoms with Gasteiger partial charge in [-0.2, -0.15) is 15.3 Å².